The lowest BCUT2D eigenvalue weighted by Gasteiger charge is -2.18. The molecule has 1 heterocycles. The third kappa shape index (κ3) is 1.54. The van der Waals surface area contributed by atoms with Gasteiger partial charge in [-0.05, 0) is 25.3 Å². The number of nitrogens with two attached hydrogens (primary N) is 1. The van der Waals surface area contributed by atoms with Crippen molar-refractivity contribution < 1.29 is 4.74 Å². The average molecular weight is 181 g/mol. The summed E-state index contributed by atoms with van der Waals surface area (Å²) >= 11 is 0. The van der Waals surface area contributed by atoms with E-state index in [-0.39, 0.29) is 0 Å². The number of nitrogen functional groups attached to an aromatic ring is 1. The minimum atomic E-state index is 0.305. The number of hydrogen-bond donors (Lipinski definition) is 1. The number of aromatic nitrogens is 2. The Morgan fingerprint density at radius 2 is 2.46 bits per heavy atom. The van der Waals surface area contributed by atoms with E-state index >= 15 is 0 Å². The molecule has 4 nitrogen and oxygen atoms in total. The van der Waals surface area contributed by atoms with Gasteiger partial charge in [0.25, 0.3) is 0 Å². The first kappa shape index (κ1) is 8.56. The van der Waals surface area contributed by atoms with Crippen LogP contribution in [0.5, 0.6) is 0 Å². The molecule has 1 saturated carbocycles. The second-order valence-electron chi connectivity index (χ2n) is 3.49. The maximum absolute atomic E-state index is 5.56. The van der Waals surface area contributed by atoms with Crippen molar-refractivity contribution in [2.24, 2.45) is 0 Å². The Bertz CT molecular complexity index is 284. The van der Waals surface area contributed by atoms with Crippen molar-refractivity contribution in [1.29, 1.82) is 0 Å². The van der Waals surface area contributed by atoms with Gasteiger partial charge in [0.1, 0.15) is 5.82 Å². The van der Waals surface area contributed by atoms with Crippen LogP contribution in [0.2, 0.25) is 0 Å². The Balaban J connectivity index is 2.15. The second kappa shape index (κ2) is 3.38. The normalized spacial score (nSPS) is 28.1. The summed E-state index contributed by atoms with van der Waals surface area (Å²) in [5.41, 5.74) is 5.56. The van der Waals surface area contributed by atoms with Crippen LogP contribution in [0.1, 0.15) is 25.3 Å². The molecule has 0 spiro atoms. The molecule has 1 aromatic heterocycles. The van der Waals surface area contributed by atoms with Gasteiger partial charge in [0.15, 0.2) is 0 Å². The highest BCUT2D eigenvalue weighted by Gasteiger charge is 2.28. The summed E-state index contributed by atoms with van der Waals surface area (Å²) in [6.45, 7) is 0. The Hall–Kier alpha value is -1.03. The largest absolute Gasteiger partial charge is 0.382 e. The van der Waals surface area contributed by atoms with Gasteiger partial charge >= 0.3 is 0 Å². The van der Waals surface area contributed by atoms with Gasteiger partial charge in [-0.25, -0.2) is 0 Å². The number of anilines is 1. The Morgan fingerprint density at radius 3 is 3.08 bits per heavy atom. The molecule has 1 aliphatic carbocycles. The van der Waals surface area contributed by atoms with Crippen LogP contribution < -0.4 is 5.73 Å². The van der Waals surface area contributed by atoms with Crippen LogP contribution >= 0.6 is 0 Å². The number of nitrogens with zero attached hydrogens (tertiary/aromatic N) is 2. The zero-order chi connectivity index (χ0) is 9.26. The molecule has 0 radical (unpaired) electrons. The molecule has 1 fully saturated rings. The van der Waals surface area contributed by atoms with Crippen LogP contribution in [-0.2, 0) is 4.74 Å². The van der Waals surface area contributed by atoms with Crippen molar-refractivity contribution >= 4 is 5.82 Å². The van der Waals surface area contributed by atoms with Gasteiger partial charge in [-0.15, -0.1) is 0 Å². The summed E-state index contributed by atoms with van der Waals surface area (Å²) < 4.78 is 7.31. The molecule has 72 valence electrons. The summed E-state index contributed by atoms with van der Waals surface area (Å²) in [5.74, 6) is 0.585. The third-order valence-electron chi connectivity index (χ3n) is 2.69. The van der Waals surface area contributed by atoms with Crippen LogP contribution in [0.3, 0.4) is 0 Å². The minimum absolute atomic E-state index is 0.305. The fraction of sp³-hybridized carbons (Fsp3) is 0.667. The first-order valence-corrected chi connectivity index (χ1v) is 4.64. The Morgan fingerprint density at radius 1 is 1.62 bits per heavy atom. The molecular formula is C9H15N3O. The van der Waals surface area contributed by atoms with Crippen molar-refractivity contribution in [3.8, 4) is 0 Å². The van der Waals surface area contributed by atoms with Gasteiger partial charge in [0, 0.05) is 13.3 Å². The fourth-order valence-corrected chi connectivity index (χ4v) is 2.02. The average Bonchev–Trinajstić information content (AvgIpc) is 2.71. The molecule has 2 atom stereocenters. The van der Waals surface area contributed by atoms with E-state index in [1.807, 2.05) is 16.9 Å². The van der Waals surface area contributed by atoms with Crippen molar-refractivity contribution in [3.63, 3.8) is 0 Å². The highest BCUT2D eigenvalue weighted by atomic mass is 16.5. The van der Waals surface area contributed by atoms with E-state index in [0.717, 1.165) is 12.8 Å². The number of rotatable bonds is 2. The molecule has 4 heteroatoms. The molecule has 0 bridgehead atoms. The predicted molar refractivity (Wildman–Crippen MR) is 50.3 cm³/mol. The molecule has 1 aliphatic rings. The van der Waals surface area contributed by atoms with Gasteiger partial charge in [-0.1, -0.05) is 0 Å². The summed E-state index contributed by atoms with van der Waals surface area (Å²) in [5, 5.41) is 4.21. The SMILES string of the molecule is COC1CCCC1n1ccc(N)n1. The molecular weight excluding hydrogens is 166 g/mol. The number of methoxy groups -OCH3 is 1. The molecule has 1 aromatic rings. The zero-order valence-electron chi connectivity index (χ0n) is 7.81. The lowest BCUT2D eigenvalue weighted by molar-refractivity contribution is 0.0710. The van der Waals surface area contributed by atoms with Crippen molar-refractivity contribution in [1.82, 2.24) is 9.78 Å². The predicted octanol–water partition coefficient (Wildman–Crippen LogP) is 1.21. The standard InChI is InChI=1S/C9H15N3O/c1-13-8-4-2-3-7(8)12-6-5-9(10)11-12/h5-8H,2-4H2,1H3,(H2,10,11). The second-order valence-corrected chi connectivity index (χ2v) is 3.49. The molecule has 0 aliphatic heterocycles. The maximum Gasteiger partial charge on any atom is 0.145 e. The van der Waals surface area contributed by atoms with Crippen LogP contribution in [0, 0.1) is 0 Å². The number of hydrogen-bond acceptors (Lipinski definition) is 3. The fourth-order valence-electron chi connectivity index (χ4n) is 2.02. The molecule has 2 unspecified atom stereocenters. The summed E-state index contributed by atoms with van der Waals surface area (Å²) in [7, 11) is 1.76. The lowest BCUT2D eigenvalue weighted by Crippen LogP contribution is -2.21. The molecule has 2 N–H and O–H groups in total. The van der Waals surface area contributed by atoms with E-state index in [0.29, 0.717) is 18.0 Å². The van der Waals surface area contributed by atoms with Crippen molar-refractivity contribution in [2.75, 3.05) is 12.8 Å². The molecule has 0 amide bonds. The van der Waals surface area contributed by atoms with Crippen LogP contribution in [0.15, 0.2) is 12.3 Å². The van der Waals surface area contributed by atoms with Crippen LogP contribution in [0.25, 0.3) is 0 Å². The first-order chi connectivity index (χ1) is 6.31. The van der Waals surface area contributed by atoms with Gasteiger partial charge in [0.05, 0.1) is 12.1 Å². The first-order valence-electron chi connectivity index (χ1n) is 4.64. The Kier molecular flexibility index (Phi) is 2.22. The van der Waals surface area contributed by atoms with E-state index < -0.39 is 0 Å². The monoisotopic (exact) mass is 181 g/mol. The number of ether oxygens (including phenoxy) is 1. The summed E-state index contributed by atoms with van der Waals surface area (Å²) in [6.07, 6.45) is 5.71. The molecule has 0 aromatic carbocycles. The van der Waals surface area contributed by atoms with E-state index in [1.54, 1.807) is 7.11 Å². The Labute approximate surface area is 77.7 Å². The van der Waals surface area contributed by atoms with Crippen LogP contribution in [-0.4, -0.2) is 23.0 Å². The van der Waals surface area contributed by atoms with Crippen LogP contribution in [0.4, 0.5) is 5.82 Å². The lowest BCUT2D eigenvalue weighted by atomic mass is 10.2. The van der Waals surface area contributed by atoms with E-state index in [4.69, 9.17) is 10.5 Å². The van der Waals surface area contributed by atoms with Gasteiger partial charge < -0.3 is 10.5 Å². The third-order valence-corrected chi connectivity index (χ3v) is 2.69. The highest BCUT2D eigenvalue weighted by Crippen LogP contribution is 2.31. The van der Waals surface area contributed by atoms with Gasteiger partial charge in [-0.2, -0.15) is 5.10 Å². The van der Waals surface area contributed by atoms with Gasteiger partial charge in [-0.3, -0.25) is 4.68 Å². The zero-order valence-corrected chi connectivity index (χ0v) is 7.81. The summed E-state index contributed by atoms with van der Waals surface area (Å²) in [4.78, 5) is 0. The highest BCUT2D eigenvalue weighted by molar-refractivity contribution is 5.24. The van der Waals surface area contributed by atoms with E-state index in [2.05, 4.69) is 5.10 Å². The molecule has 2 rings (SSSR count). The quantitative estimate of drug-likeness (QED) is 0.746. The van der Waals surface area contributed by atoms with Gasteiger partial charge in [0.2, 0.25) is 0 Å². The smallest absolute Gasteiger partial charge is 0.145 e. The van der Waals surface area contributed by atoms with E-state index in [1.165, 1.54) is 6.42 Å². The molecule has 13 heavy (non-hydrogen) atoms. The minimum Gasteiger partial charge on any atom is -0.382 e. The maximum atomic E-state index is 5.56. The van der Waals surface area contributed by atoms with E-state index in [9.17, 15) is 0 Å². The molecule has 0 saturated heterocycles. The summed E-state index contributed by atoms with van der Waals surface area (Å²) in [6, 6.07) is 2.20. The topological polar surface area (TPSA) is 53.1 Å². The van der Waals surface area contributed by atoms with Crippen molar-refractivity contribution in [3.05, 3.63) is 12.3 Å². The van der Waals surface area contributed by atoms with Crippen molar-refractivity contribution in [2.45, 2.75) is 31.4 Å².